The second-order valence-electron chi connectivity index (χ2n) is 5.70. The summed E-state index contributed by atoms with van der Waals surface area (Å²) < 4.78 is 12.4. The van der Waals surface area contributed by atoms with Crippen LogP contribution in [0.3, 0.4) is 0 Å². The van der Waals surface area contributed by atoms with E-state index in [2.05, 4.69) is 39.7 Å². The number of nitrogens with one attached hydrogen (secondary N) is 1. The van der Waals surface area contributed by atoms with E-state index in [0.717, 1.165) is 36.7 Å². The Bertz CT molecular complexity index is 792. The molecular formula is C19H23ClN4O2. The third-order valence-corrected chi connectivity index (χ3v) is 3.94. The Labute approximate surface area is 159 Å². The zero-order valence-corrected chi connectivity index (χ0v) is 15.7. The molecule has 0 unspecified atom stereocenters. The highest BCUT2D eigenvalue weighted by Crippen LogP contribution is 2.27. The van der Waals surface area contributed by atoms with Gasteiger partial charge in [-0.2, -0.15) is 5.10 Å². The van der Waals surface area contributed by atoms with Crippen LogP contribution in [0.15, 0.2) is 55.1 Å². The molecule has 2 aromatic carbocycles. The quantitative estimate of drug-likeness (QED) is 0.656. The van der Waals surface area contributed by atoms with Crippen LogP contribution >= 0.6 is 12.4 Å². The highest BCUT2D eigenvalue weighted by atomic mass is 35.5. The monoisotopic (exact) mass is 374 g/mol. The molecule has 138 valence electrons. The molecule has 0 aliphatic rings. The molecule has 0 amide bonds. The molecule has 1 N–H and O–H groups in total. The molecule has 0 aliphatic carbocycles. The molecule has 6 nitrogen and oxygen atoms in total. The summed E-state index contributed by atoms with van der Waals surface area (Å²) in [6.07, 6.45) is 3.27. The lowest BCUT2D eigenvalue weighted by Gasteiger charge is -2.10. The Kier molecular flexibility index (Phi) is 7.44. The van der Waals surface area contributed by atoms with Crippen LogP contribution < -0.4 is 14.8 Å². The average Bonchev–Trinajstić information content (AvgIpc) is 3.16. The molecule has 3 rings (SSSR count). The van der Waals surface area contributed by atoms with Gasteiger partial charge in [-0.25, -0.2) is 9.67 Å². The average molecular weight is 375 g/mol. The Hall–Kier alpha value is -2.57. The predicted molar refractivity (Wildman–Crippen MR) is 103 cm³/mol. The van der Waals surface area contributed by atoms with E-state index < -0.39 is 0 Å². The molecule has 0 spiro atoms. The summed E-state index contributed by atoms with van der Waals surface area (Å²) >= 11 is 0. The van der Waals surface area contributed by atoms with Crippen molar-refractivity contribution >= 4 is 12.4 Å². The minimum Gasteiger partial charge on any atom is -0.493 e. The smallest absolute Gasteiger partial charge is 0.161 e. The van der Waals surface area contributed by atoms with Crippen molar-refractivity contribution in [3.63, 3.8) is 0 Å². The largest absolute Gasteiger partial charge is 0.493 e. The zero-order valence-electron chi connectivity index (χ0n) is 14.9. The molecule has 1 aromatic heterocycles. The van der Waals surface area contributed by atoms with E-state index in [0.29, 0.717) is 0 Å². The van der Waals surface area contributed by atoms with E-state index in [1.165, 1.54) is 11.1 Å². The first-order chi connectivity index (χ1) is 12.3. The lowest BCUT2D eigenvalue weighted by atomic mass is 10.1. The van der Waals surface area contributed by atoms with Crippen molar-refractivity contribution in [1.82, 2.24) is 20.1 Å². The molecular weight excluding hydrogens is 352 g/mol. The van der Waals surface area contributed by atoms with E-state index in [1.54, 1.807) is 26.9 Å². The molecule has 1 heterocycles. The molecule has 0 saturated heterocycles. The molecule has 0 bridgehead atoms. The third kappa shape index (κ3) is 5.21. The van der Waals surface area contributed by atoms with E-state index >= 15 is 0 Å². The molecule has 26 heavy (non-hydrogen) atoms. The lowest BCUT2D eigenvalue weighted by Crippen LogP contribution is -2.12. The maximum absolute atomic E-state index is 5.33. The van der Waals surface area contributed by atoms with Crippen molar-refractivity contribution in [1.29, 1.82) is 0 Å². The van der Waals surface area contributed by atoms with Gasteiger partial charge in [-0.1, -0.05) is 30.3 Å². The minimum atomic E-state index is 0. The first kappa shape index (κ1) is 19.8. The summed E-state index contributed by atoms with van der Waals surface area (Å²) in [5.74, 6) is 1.49. The highest BCUT2D eigenvalue weighted by molar-refractivity contribution is 5.85. The Morgan fingerprint density at radius 3 is 2.19 bits per heavy atom. The molecule has 3 aromatic rings. The maximum atomic E-state index is 5.33. The fourth-order valence-electron chi connectivity index (χ4n) is 2.61. The fourth-order valence-corrected chi connectivity index (χ4v) is 2.61. The standard InChI is InChI=1S/C19H22N4O2.ClH/c1-24-18-8-7-17(9-19(18)25-2)11-20-10-15-3-5-16(6-4-15)12-23-14-21-13-22-23;/h3-9,13-14,20H,10-12H2,1-2H3;1H. The number of ether oxygens (including phenoxy) is 2. The minimum absolute atomic E-state index is 0. The number of rotatable bonds is 8. The van der Waals surface area contributed by atoms with Gasteiger partial charge in [0.25, 0.3) is 0 Å². The predicted octanol–water partition coefficient (Wildman–Crippen LogP) is 3.06. The summed E-state index contributed by atoms with van der Waals surface area (Å²) in [5.41, 5.74) is 3.59. The van der Waals surface area contributed by atoms with Crippen molar-refractivity contribution in [2.24, 2.45) is 0 Å². The molecule has 0 saturated carbocycles. The van der Waals surface area contributed by atoms with Gasteiger partial charge in [0.1, 0.15) is 12.7 Å². The highest BCUT2D eigenvalue weighted by Gasteiger charge is 2.04. The van der Waals surface area contributed by atoms with Gasteiger partial charge in [-0.05, 0) is 28.8 Å². The molecule has 0 fully saturated rings. The molecule has 0 radical (unpaired) electrons. The van der Waals surface area contributed by atoms with Crippen molar-refractivity contribution in [3.8, 4) is 11.5 Å². The Morgan fingerprint density at radius 1 is 0.885 bits per heavy atom. The Morgan fingerprint density at radius 2 is 1.54 bits per heavy atom. The van der Waals surface area contributed by atoms with E-state index in [1.807, 2.05) is 22.9 Å². The van der Waals surface area contributed by atoms with Crippen molar-refractivity contribution in [2.45, 2.75) is 19.6 Å². The van der Waals surface area contributed by atoms with E-state index in [9.17, 15) is 0 Å². The normalized spacial score (nSPS) is 10.2. The van der Waals surface area contributed by atoms with Gasteiger partial charge in [-0.3, -0.25) is 0 Å². The SMILES string of the molecule is COc1ccc(CNCc2ccc(Cn3cncn3)cc2)cc1OC.Cl. The molecule has 0 aliphatic heterocycles. The third-order valence-electron chi connectivity index (χ3n) is 3.94. The van der Waals surface area contributed by atoms with Crippen LogP contribution in [0.1, 0.15) is 16.7 Å². The van der Waals surface area contributed by atoms with Crippen LogP contribution in [-0.2, 0) is 19.6 Å². The van der Waals surface area contributed by atoms with Crippen molar-refractivity contribution in [2.75, 3.05) is 14.2 Å². The number of nitrogens with zero attached hydrogens (tertiary/aromatic N) is 3. The van der Waals surface area contributed by atoms with Gasteiger partial charge in [0.15, 0.2) is 11.5 Å². The first-order valence-corrected chi connectivity index (χ1v) is 8.10. The van der Waals surface area contributed by atoms with Crippen LogP contribution in [0, 0.1) is 0 Å². The maximum Gasteiger partial charge on any atom is 0.161 e. The van der Waals surface area contributed by atoms with Gasteiger partial charge in [0.05, 0.1) is 20.8 Å². The van der Waals surface area contributed by atoms with Gasteiger partial charge in [-0.15, -0.1) is 12.4 Å². The number of hydrogen-bond donors (Lipinski definition) is 1. The van der Waals surface area contributed by atoms with Crippen LogP contribution in [0.5, 0.6) is 11.5 Å². The zero-order chi connectivity index (χ0) is 17.5. The van der Waals surface area contributed by atoms with Gasteiger partial charge in [0, 0.05) is 13.1 Å². The van der Waals surface area contributed by atoms with Crippen LogP contribution in [0.25, 0.3) is 0 Å². The fraction of sp³-hybridized carbons (Fsp3) is 0.263. The summed E-state index contributed by atoms with van der Waals surface area (Å²) in [5, 5.41) is 7.57. The van der Waals surface area contributed by atoms with Gasteiger partial charge >= 0.3 is 0 Å². The number of halogens is 1. The summed E-state index contributed by atoms with van der Waals surface area (Å²) in [6, 6.07) is 14.5. The van der Waals surface area contributed by atoms with Crippen molar-refractivity contribution in [3.05, 3.63) is 71.8 Å². The van der Waals surface area contributed by atoms with Crippen molar-refractivity contribution < 1.29 is 9.47 Å². The summed E-state index contributed by atoms with van der Waals surface area (Å²) in [4.78, 5) is 3.95. The first-order valence-electron chi connectivity index (χ1n) is 8.10. The van der Waals surface area contributed by atoms with Crippen LogP contribution in [0.2, 0.25) is 0 Å². The van der Waals surface area contributed by atoms with Gasteiger partial charge in [0.2, 0.25) is 0 Å². The Balaban J connectivity index is 0.00000243. The molecule has 7 heteroatoms. The molecule has 0 atom stereocenters. The number of benzene rings is 2. The number of aromatic nitrogens is 3. The van der Waals surface area contributed by atoms with Crippen LogP contribution in [0.4, 0.5) is 0 Å². The lowest BCUT2D eigenvalue weighted by molar-refractivity contribution is 0.354. The second-order valence-corrected chi connectivity index (χ2v) is 5.70. The summed E-state index contributed by atoms with van der Waals surface area (Å²) in [7, 11) is 3.29. The number of methoxy groups -OCH3 is 2. The number of hydrogen-bond acceptors (Lipinski definition) is 5. The topological polar surface area (TPSA) is 61.2 Å². The summed E-state index contributed by atoms with van der Waals surface area (Å²) in [6.45, 7) is 2.30. The van der Waals surface area contributed by atoms with E-state index in [-0.39, 0.29) is 12.4 Å². The second kappa shape index (κ2) is 9.79. The van der Waals surface area contributed by atoms with E-state index in [4.69, 9.17) is 9.47 Å². The van der Waals surface area contributed by atoms with Gasteiger partial charge < -0.3 is 14.8 Å². The van der Waals surface area contributed by atoms with Crippen LogP contribution in [-0.4, -0.2) is 29.0 Å².